The van der Waals surface area contributed by atoms with Gasteiger partial charge in [0, 0.05) is 25.6 Å². The van der Waals surface area contributed by atoms with Crippen molar-refractivity contribution in [2.45, 2.75) is 58.2 Å². The van der Waals surface area contributed by atoms with Gasteiger partial charge in [0.2, 0.25) is 11.8 Å². The molecule has 20 heavy (non-hydrogen) atoms. The van der Waals surface area contributed by atoms with Gasteiger partial charge in [-0.15, -0.1) is 0 Å². The number of amides is 1. The van der Waals surface area contributed by atoms with Crippen molar-refractivity contribution < 1.29 is 9.32 Å². The number of nitrogens with zero attached hydrogens (tertiary/aromatic N) is 4. The maximum Gasteiger partial charge on any atom is 0.240 e. The van der Waals surface area contributed by atoms with Crippen molar-refractivity contribution in [3.63, 3.8) is 0 Å². The lowest BCUT2D eigenvalue weighted by Gasteiger charge is -2.33. The Morgan fingerprint density at radius 3 is 2.75 bits per heavy atom. The van der Waals surface area contributed by atoms with Gasteiger partial charge < -0.3 is 9.42 Å². The molecular formula is C14H22N4O2. The van der Waals surface area contributed by atoms with Crippen LogP contribution in [0.15, 0.2) is 4.52 Å². The fraction of sp³-hybridized carbons (Fsp3) is 0.786. The standard InChI is InChI=1S/C14H22N4O2/c1-10-15-14(20-16-10)9-17-7-3-5-12(17)13-6-4-8-18(13)11(2)19/h12-13H,3-9H2,1-2H3. The highest BCUT2D eigenvalue weighted by Crippen LogP contribution is 2.30. The van der Waals surface area contributed by atoms with Gasteiger partial charge in [-0.25, -0.2) is 0 Å². The Morgan fingerprint density at radius 1 is 1.30 bits per heavy atom. The van der Waals surface area contributed by atoms with Gasteiger partial charge in [-0.05, 0) is 39.2 Å². The molecule has 2 aliphatic heterocycles. The second-order valence-electron chi connectivity index (χ2n) is 5.84. The van der Waals surface area contributed by atoms with Crippen molar-refractivity contribution in [2.24, 2.45) is 0 Å². The molecule has 1 aromatic rings. The first-order valence-electron chi connectivity index (χ1n) is 7.45. The largest absolute Gasteiger partial charge is 0.338 e. The summed E-state index contributed by atoms with van der Waals surface area (Å²) < 4.78 is 5.23. The van der Waals surface area contributed by atoms with E-state index in [4.69, 9.17) is 4.52 Å². The lowest BCUT2D eigenvalue weighted by Crippen LogP contribution is -2.47. The zero-order valence-corrected chi connectivity index (χ0v) is 12.2. The first-order chi connectivity index (χ1) is 9.65. The Morgan fingerprint density at radius 2 is 2.05 bits per heavy atom. The van der Waals surface area contributed by atoms with Gasteiger partial charge in [0.1, 0.15) is 0 Å². The van der Waals surface area contributed by atoms with Gasteiger partial charge in [0.15, 0.2) is 5.82 Å². The molecule has 1 aromatic heterocycles. The summed E-state index contributed by atoms with van der Waals surface area (Å²) >= 11 is 0. The van der Waals surface area contributed by atoms with E-state index in [1.807, 2.05) is 11.8 Å². The van der Waals surface area contributed by atoms with Gasteiger partial charge >= 0.3 is 0 Å². The van der Waals surface area contributed by atoms with Crippen molar-refractivity contribution in [3.05, 3.63) is 11.7 Å². The van der Waals surface area contributed by atoms with E-state index >= 15 is 0 Å². The van der Waals surface area contributed by atoms with E-state index in [-0.39, 0.29) is 5.91 Å². The predicted molar refractivity (Wildman–Crippen MR) is 72.9 cm³/mol. The first-order valence-corrected chi connectivity index (χ1v) is 7.45. The van der Waals surface area contributed by atoms with Gasteiger partial charge in [-0.3, -0.25) is 9.69 Å². The van der Waals surface area contributed by atoms with E-state index < -0.39 is 0 Å². The third-order valence-electron chi connectivity index (χ3n) is 4.47. The highest BCUT2D eigenvalue weighted by Gasteiger charge is 2.39. The summed E-state index contributed by atoms with van der Waals surface area (Å²) in [6.45, 7) is 6.17. The third-order valence-corrected chi connectivity index (χ3v) is 4.47. The smallest absolute Gasteiger partial charge is 0.240 e. The lowest BCUT2D eigenvalue weighted by molar-refractivity contribution is -0.130. The van der Waals surface area contributed by atoms with Crippen LogP contribution < -0.4 is 0 Å². The van der Waals surface area contributed by atoms with Crippen LogP contribution in [0.25, 0.3) is 0 Å². The number of likely N-dealkylation sites (tertiary alicyclic amines) is 2. The Kier molecular flexibility index (Phi) is 3.74. The zero-order valence-electron chi connectivity index (χ0n) is 12.2. The zero-order chi connectivity index (χ0) is 14.1. The fourth-order valence-electron chi connectivity index (χ4n) is 3.65. The number of hydrogen-bond donors (Lipinski definition) is 0. The average Bonchev–Trinajstić information content (AvgIpc) is 3.09. The van der Waals surface area contributed by atoms with Crippen LogP contribution in [0.1, 0.15) is 44.3 Å². The number of aromatic nitrogens is 2. The monoisotopic (exact) mass is 278 g/mol. The summed E-state index contributed by atoms with van der Waals surface area (Å²) in [6, 6.07) is 0.799. The van der Waals surface area contributed by atoms with Crippen LogP contribution in [-0.2, 0) is 11.3 Å². The molecule has 2 atom stereocenters. The van der Waals surface area contributed by atoms with Crippen LogP contribution in [0.2, 0.25) is 0 Å². The molecular weight excluding hydrogens is 256 g/mol. The molecule has 3 rings (SSSR count). The molecule has 2 aliphatic rings. The topological polar surface area (TPSA) is 62.5 Å². The Labute approximate surface area is 119 Å². The van der Waals surface area contributed by atoms with Crippen LogP contribution in [0, 0.1) is 6.92 Å². The molecule has 6 nitrogen and oxygen atoms in total. The van der Waals surface area contributed by atoms with Gasteiger partial charge in [-0.2, -0.15) is 4.98 Å². The summed E-state index contributed by atoms with van der Waals surface area (Å²) in [5.74, 6) is 1.57. The minimum Gasteiger partial charge on any atom is -0.338 e. The molecule has 3 heterocycles. The quantitative estimate of drug-likeness (QED) is 0.835. The lowest BCUT2D eigenvalue weighted by atomic mass is 10.0. The predicted octanol–water partition coefficient (Wildman–Crippen LogP) is 1.35. The Balaban J connectivity index is 1.70. The second kappa shape index (κ2) is 5.52. The van der Waals surface area contributed by atoms with Crippen LogP contribution >= 0.6 is 0 Å². The summed E-state index contributed by atoms with van der Waals surface area (Å²) in [5, 5.41) is 3.85. The Hall–Kier alpha value is -1.43. The molecule has 1 amide bonds. The maximum atomic E-state index is 11.7. The molecule has 0 radical (unpaired) electrons. The molecule has 2 saturated heterocycles. The molecule has 0 bridgehead atoms. The van der Waals surface area contributed by atoms with Gasteiger partial charge in [0.05, 0.1) is 6.54 Å². The van der Waals surface area contributed by atoms with E-state index in [9.17, 15) is 4.79 Å². The van der Waals surface area contributed by atoms with E-state index in [0.29, 0.717) is 30.3 Å². The normalized spacial score (nSPS) is 27.4. The van der Waals surface area contributed by atoms with Gasteiger partial charge in [0.25, 0.3) is 0 Å². The average molecular weight is 278 g/mol. The summed E-state index contributed by atoms with van der Waals surface area (Å²) in [7, 11) is 0. The van der Waals surface area contributed by atoms with Crippen LogP contribution in [0.4, 0.5) is 0 Å². The number of rotatable bonds is 3. The fourth-order valence-corrected chi connectivity index (χ4v) is 3.65. The highest BCUT2D eigenvalue weighted by atomic mass is 16.5. The molecule has 0 aliphatic carbocycles. The minimum absolute atomic E-state index is 0.202. The van der Waals surface area contributed by atoms with E-state index in [0.717, 1.165) is 32.4 Å². The third kappa shape index (κ3) is 2.57. The molecule has 0 N–H and O–H groups in total. The van der Waals surface area contributed by atoms with Crippen molar-refractivity contribution in [1.82, 2.24) is 19.9 Å². The molecule has 0 aromatic carbocycles. The van der Waals surface area contributed by atoms with Crippen molar-refractivity contribution in [2.75, 3.05) is 13.1 Å². The molecule has 6 heteroatoms. The summed E-state index contributed by atoms with van der Waals surface area (Å²) in [5.41, 5.74) is 0. The van der Waals surface area contributed by atoms with Crippen LogP contribution in [0.5, 0.6) is 0 Å². The molecule has 2 unspecified atom stereocenters. The number of hydrogen-bond acceptors (Lipinski definition) is 5. The highest BCUT2D eigenvalue weighted by molar-refractivity contribution is 5.74. The molecule has 0 saturated carbocycles. The van der Waals surface area contributed by atoms with Crippen molar-refractivity contribution in [1.29, 1.82) is 0 Å². The Bertz CT molecular complexity index is 487. The van der Waals surface area contributed by atoms with E-state index in [1.54, 1.807) is 6.92 Å². The second-order valence-corrected chi connectivity index (χ2v) is 5.84. The van der Waals surface area contributed by atoms with E-state index in [2.05, 4.69) is 15.0 Å². The van der Waals surface area contributed by atoms with Gasteiger partial charge in [-0.1, -0.05) is 5.16 Å². The molecule has 110 valence electrons. The first kappa shape index (κ1) is 13.5. The minimum atomic E-state index is 0.202. The molecule has 0 spiro atoms. The van der Waals surface area contributed by atoms with Crippen molar-refractivity contribution in [3.8, 4) is 0 Å². The number of carbonyl (C=O) groups excluding carboxylic acids is 1. The van der Waals surface area contributed by atoms with Crippen LogP contribution in [-0.4, -0.2) is 51.0 Å². The van der Waals surface area contributed by atoms with Crippen molar-refractivity contribution >= 4 is 5.91 Å². The summed E-state index contributed by atoms with van der Waals surface area (Å²) in [6.07, 6.45) is 4.57. The number of aryl methyl sites for hydroxylation is 1. The van der Waals surface area contributed by atoms with Crippen LogP contribution in [0.3, 0.4) is 0 Å². The molecule has 2 fully saturated rings. The number of carbonyl (C=O) groups is 1. The van der Waals surface area contributed by atoms with E-state index in [1.165, 1.54) is 6.42 Å². The summed E-state index contributed by atoms with van der Waals surface area (Å²) in [4.78, 5) is 20.5. The SMILES string of the molecule is CC(=O)N1CCCC1C1CCCN1Cc1nc(C)no1. The maximum absolute atomic E-state index is 11.7.